The minimum absolute atomic E-state index is 0.855. The highest BCUT2D eigenvalue weighted by Gasteiger charge is 2.27. The first kappa shape index (κ1) is 85.8. The van der Waals surface area contributed by atoms with Crippen molar-refractivity contribution in [2.45, 2.75) is 6.92 Å². The van der Waals surface area contributed by atoms with Crippen molar-refractivity contribution in [2.24, 2.45) is 0 Å². The van der Waals surface area contributed by atoms with Crippen LogP contribution in [-0.4, -0.2) is 0 Å². The molecule has 8 nitrogen and oxygen atoms in total. The summed E-state index contributed by atoms with van der Waals surface area (Å²) in [6.45, 7) is 2.26. The Kier molecular flexibility index (Phi) is 22.2. The zero-order valence-corrected chi connectivity index (χ0v) is 81.0. The van der Waals surface area contributed by atoms with E-state index in [1.165, 1.54) is 91.9 Å². The molecule has 0 aliphatic rings. The van der Waals surface area contributed by atoms with Gasteiger partial charge in [0.15, 0.2) is 0 Å². The molecule has 0 fully saturated rings. The van der Waals surface area contributed by atoms with Crippen molar-refractivity contribution in [1.29, 1.82) is 0 Å². The lowest BCUT2D eigenvalue weighted by Crippen LogP contribution is -2.10. The largest absolute Gasteiger partial charge is 0.456 e. The second-order valence-electron chi connectivity index (χ2n) is 35.9. The second kappa shape index (κ2) is 36.9. The van der Waals surface area contributed by atoms with Gasteiger partial charge in [-0.3, -0.25) is 0 Å². The van der Waals surface area contributed by atoms with Gasteiger partial charge in [-0.1, -0.05) is 249 Å². The minimum Gasteiger partial charge on any atom is -0.456 e. The summed E-state index contributed by atoms with van der Waals surface area (Å²) in [5.74, 6) is 0. The number of hydrogen-bond donors (Lipinski definition) is 0. The van der Waals surface area contributed by atoms with Gasteiger partial charge in [-0.2, -0.15) is 0 Å². The van der Waals surface area contributed by atoms with E-state index < -0.39 is 0 Å². The number of nitrogens with zero attached hydrogens (tertiary/aromatic N) is 6. The lowest BCUT2D eigenvalue weighted by molar-refractivity contribution is 0.669. The SMILES string of the molecule is Cc1cc(N(c2ccccc2)c2ccc3sc4ccccc4c3c2)cc2sc3ccc(N(c4ccccc4)c4ccccc4)cc3c12.c1ccc(N(c2ccc3c(c2)oc2c4ccccc4c(N(c4ccccc4)c4ccccc4)cc32)c2ccc3sc4ccccc4c3c2)cc1.c1ccc(N(c2ccc3c(c2)oc2ccc(N(c4ccccc4)c4ccccc4)cc23)c2ccc3c(c2)sc2ccccc23)cc1. The van der Waals surface area contributed by atoms with Crippen LogP contribution in [0.2, 0.25) is 0 Å². The maximum Gasteiger partial charge on any atom is 0.143 e. The van der Waals surface area contributed by atoms with Gasteiger partial charge in [-0.15, -0.1) is 45.3 Å². The van der Waals surface area contributed by atoms with Crippen LogP contribution >= 0.6 is 45.3 Å². The van der Waals surface area contributed by atoms with E-state index in [0.717, 1.165) is 151 Å². The van der Waals surface area contributed by atoms with Gasteiger partial charge in [0.05, 0.1) is 5.69 Å². The number of anilines is 18. The minimum atomic E-state index is 0.855. The molecule has 22 aromatic carbocycles. The smallest absolute Gasteiger partial charge is 0.143 e. The van der Waals surface area contributed by atoms with Crippen LogP contribution in [0.1, 0.15) is 5.56 Å². The molecule has 0 unspecified atom stereocenters. The first-order valence-electron chi connectivity index (χ1n) is 48.1. The van der Waals surface area contributed by atoms with Gasteiger partial charge in [-0.05, 0) is 267 Å². The fraction of sp³-hybridized carbons (Fsp3) is 0.00763. The van der Waals surface area contributed by atoms with E-state index in [0.29, 0.717) is 0 Å². The van der Waals surface area contributed by atoms with E-state index in [-0.39, 0.29) is 0 Å². The molecule has 0 aliphatic carbocycles. The molecule has 0 aliphatic heterocycles. The first-order chi connectivity index (χ1) is 70.8. The Balaban J connectivity index is 0.000000110. The van der Waals surface area contributed by atoms with Crippen LogP contribution < -0.4 is 29.4 Å². The van der Waals surface area contributed by atoms with E-state index >= 15 is 0 Å². The molecule has 28 rings (SSSR count). The van der Waals surface area contributed by atoms with Crippen molar-refractivity contribution in [3.05, 3.63) is 521 Å². The quantitative estimate of drug-likeness (QED) is 0.0842. The van der Waals surface area contributed by atoms with Gasteiger partial charge < -0.3 is 38.2 Å². The number of para-hydroxylation sites is 9. The average molecular weight is 1910 g/mol. The summed E-state index contributed by atoms with van der Waals surface area (Å²) in [6.07, 6.45) is 0. The van der Waals surface area contributed by atoms with Crippen LogP contribution in [0.5, 0.6) is 0 Å². The van der Waals surface area contributed by atoms with Gasteiger partial charge >= 0.3 is 0 Å². The van der Waals surface area contributed by atoms with Gasteiger partial charge in [-0.25, -0.2) is 0 Å². The second-order valence-corrected chi connectivity index (χ2v) is 40.2. The zero-order chi connectivity index (χ0) is 94.8. The number of hydrogen-bond acceptors (Lipinski definition) is 12. The molecule has 0 spiro atoms. The van der Waals surface area contributed by atoms with Crippen LogP contribution in [-0.2, 0) is 0 Å². The van der Waals surface area contributed by atoms with Gasteiger partial charge in [0.1, 0.15) is 22.3 Å². The van der Waals surface area contributed by atoms with E-state index in [1.54, 1.807) is 0 Å². The third-order valence-electron chi connectivity index (χ3n) is 27.1. The van der Waals surface area contributed by atoms with Crippen molar-refractivity contribution < 1.29 is 8.83 Å². The third-order valence-corrected chi connectivity index (χ3v) is 31.7. The predicted molar refractivity (Wildman–Crippen MR) is 616 cm³/mol. The standard InChI is InChI=1S/C46H30N2OS.C43H30N2S2.C42H28N2OS/c1-4-14-31(15-5-1)47(34-25-27-45-40(28-34)38-21-12-13-23-44(38)50-45)35-24-26-37-41-30-42(36-20-10-11-22-39(36)46(41)49-43(37)29-35)48(32-16-6-2-7-17-32)33-18-8-3-9-19-33;1-29-25-35(45(32-17-9-4-10-18-32)33-21-23-40-37(26-33)36-19-11-12-20-39(36)46-40)28-42-43(29)38-27-34(22-24-41(38)47-42)44(30-13-5-2-6-14-30)31-15-7-3-8-16-31;1-4-12-29(13-5-1)43(30-14-6-2-7-15-30)32-22-25-39-38(26-32)35-23-20-33(27-40(35)45-39)44(31-16-8-3-9-17-31)34-21-24-37-36-18-10-11-19-41(36)46-42(37)28-34/h1-30H;2-28H,1H3;1-28H. The Morgan fingerprint density at radius 2 is 0.420 bits per heavy atom. The summed E-state index contributed by atoms with van der Waals surface area (Å²) in [5, 5.41) is 17.0. The number of rotatable bonds is 18. The topological polar surface area (TPSA) is 45.7 Å². The number of fused-ring (bicyclic) bond motifs is 20. The molecule has 28 aromatic rings. The third kappa shape index (κ3) is 16.0. The summed E-state index contributed by atoms with van der Waals surface area (Å²) < 4.78 is 23.8. The van der Waals surface area contributed by atoms with Crippen LogP contribution in [0, 0.1) is 6.92 Å². The highest BCUT2D eigenvalue weighted by atomic mass is 32.1. The van der Waals surface area contributed by atoms with Crippen LogP contribution in [0.15, 0.2) is 524 Å². The zero-order valence-electron chi connectivity index (χ0n) is 77.7. The van der Waals surface area contributed by atoms with E-state index in [9.17, 15) is 0 Å². The molecule has 143 heavy (non-hydrogen) atoms. The molecule has 0 saturated carbocycles. The predicted octanol–water partition coefficient (Wildman–Crippen LogP) is 40.6. The van der Waals surface area contributed by atoms with E-state index in [2.05, 4.69) is 552 Å². The van der Waals surface area contributed by atoms with Crippen LogP contribution in [0.25, 0.3) is 135 Å². The maximum absolute atomic E-state index is 6.85. The lowest BCUT2D eigenvalue weighted by atomic mass is 10.0. The van der Waals surface area contributed by atoms with E-state index in [1.807, 2.05) is 45.3 Å². The molecule has 6 aromatic heterocycles. The molecular formula is C131H88N6O2S4. The fourth-order valence-electron chi connectivity index (χ4n) is 20.7. The van der Waals surface area contributed by atoms with Crippen LogP contribution in [0.3, 0.4) is 0 Å². The Morgan fingerprint density at radius 1 is 0.147 bits per heavy atom. The Bertz CT molecular complexity index is 9480. The Labute approximate surface area is 842 Å². The Hall–Kier alpha value is -17.6. The molecule has 6 heterocycles. The summed E-state index contributed by atoms with van der Waals surface area (Å²) >= 11 is 7.41. The summed E-state index contributed by atoms with van der Waals surface area (Å²) in [6, 6.07) is 184. The molecular weight excluding hydrogens is 1820 g/mol. The molecule has 12 heteroatoms. The molecule has 0 bridgehead atoms. The monoisotopic (exact) mass is 1900 g/mol. The molecule has 0 atom stereocenters. The number of benzene rings is 22. The Morgan fingerprint density at radius 3 is 0.853 bits per heavy atom. The maximum atomic E-state index is 6.85. The average Bonchev–Trinajstić information content (AvgIpc) is 1.61. The number of furan rings is 2. The normalized spacial score (nSPS) is 11.5. The molecule has 0 amide bonds. The molecule has 0 N–H and O–H groups in total. The fourth-order valence-corrected chi connectivity index (χ4v) is 25.2. The van der Waals surface area contributed by atoms with Crippen molar-refractivity contribution in [3.63, 3.8) is 0 Å². The first-order valence-corrected chi connectivity index (χ1v) is 51.4. The van der Waals surface area contributed by atoms with Crippen LogP contribution in [0.4, 0.5) is 102 Å². The summed E-state index contributed by atoms with van der Waals surface area (Å²) in [4.78, 5) is 14.0. The molecule has 0 saturated heterocycles. The summed E-state index contributed by atoms with van der Waals surface area (Å²) in [7, 11) is 0. The lowest BCUT2D eigenvalue weighted by Gasteiger charge is -2.27. The van der Waals surface area contributed by atoms with Gasteiger partial charge in [0.2, 0.25) is 0 Å². The van der Waals surface area contributed by atoms with Crippen molar-refractivity contribution in [3.8, 4) is 0 Å². The van der Waals surface area contributed by atoms with Gasteiger partial charge in [0.25, 0.3) is 0 Å². The van der Waals surface area contributed by atoms with E-state index in [4.69, 9.17) is 8.83 Å². The highest BCUT2D eigenvalue weighted by molar-refractivity contribution is 7.27. The van der Waals surface area contributed by atoms with Crippen molar-refractivity contribution >= 4 is 283 Å². The number of aryl methyl sites for hydroxylation is 1. The van der Waals surface area contributed by atoms with Crippen molar-refractivity contribution in [2.75, 3.05) is 29.4 Å². The highest BCUT2D eigenvalue weighted by Crippen LogP contribution is 2.52. The van der Waals surface area contributed by atoms with Crippen molar-refractivity contribution in [1.82, 2.24) is 0 Å². The van der Waals surface area contributed by atoms with Gasteiger partial charge in [0, 0.05) is 222 Å². The number of thiophene rings is 4. The molecule has 0 radical (unpaired) electrons. The summed E-state index contributed by atoms with van der Waals surface area (Å²) in [5.41, 5.74) is 24.8. The molecule has 678 valence electrons.